The van der Waals surface area contributed by atoms with E-state index < -0.39 is 6.04 Å². The molecule has 0 fully saturated rings. The summed E-state index contributed by atoms with van der Waals surface area (Å²) in [5.74, 6) is 0.402. The van der Waals surface area contributed by atoms with E-state index in [1.54, 1.807) is 30.0 Å². The van der Waals surface area contributed by atoms with Crippen molar-refractivity contribution < 1.29 is 9.59 Å². The Balaban J connectivity index is 2.01. The van der Waals surface area contributed by atoms with E-state index in [-0.39, 0.29) is 18.4 Å². The number of nitriles is 1. The molecule has 2 amide bonds. The van der Waals surface area contributed by atoms with Gasteiger partial charge in [0.25, 0.3) is 5.91 Å². The van der Waals surface area contributed by atoms with E-state index in [1.807, 2.05) is 42.5 Å². The number of carbonyl (C=O) groups is 2. The lowest BCUT2D eigenvalue weighted by Gasteiger charge is -2.18. The van der Waals surface area contributed by atoms with Crippen LogP contribution in [0.25, 0.3) is 0 Å². The van der Waals surface area contributed by atoms with Crippen LogP contribution < -0.4 is 16.4 Å². The van der Waals surface area contributed by atoms with Crippen molar-refractivity contribution in [2.24, 2.45) is 5.73 Å². The first kappa shape index (κ1) is 20.5. The Morgan fingerprint density at radius 3 is 2.56 bits per heavy atom. The monoisotopic (exact) mass is 382 g/mol. The molecule has 0 spiro atoms. The lowest BCUT2D eigenvalue weighted by atomic mass is 10.1. The van der Waals surface area contributed by atoms with Crippen molar-refractivity contribution in [2.75, 3.05) is 12.3 Å². The van der Waals surface area contributed by atoms with Crippen molar-refractivity contribution in [1.82, 2.24) is 10.6 Å². The molecule has 0 saturated heterocycles. The van der Waals surface area contributed by atoms with Gasteiger partial charge >= 0.3 is 0 Å². The number of nitrogens with one attached hydrogen (secondary N) is 2. The van der Waals surface area contributed by atoms with Gasteiger partial charge in [-0.2, -0.15) is 17.0 Å². The van der Waals surface area contributed by atoms with Gasteiger partial charge in [-0.05, 0) is 23.3 Å². The number of hydrogen-bond donors (Lipinski definition) is 3. The summed E-state index contributed by atoms with van der Waals surface area (Å²) in [6.07, 6.45) is 0. The zero-order chi connectivity index (χ0) is 19.5. The number of hydrogen-bond acceptors (Lipinski definition) is 5. The van der Waals surface area contributed by atoms with Crippen LogP contribution in [0, 0.1) is 11.3 Å². The first-order valence-electron chi connectivity index (χ1n) is 8.50. The number of nitrogens with two attached hydrogens (primary N) is 1. The van der Waals surface area contributed by atoms with Crippen LogP contribution >= 0.6 is 11.8 Å². The fraction of sp³-hybridized carbons (Fsp3) is 0.250. The second-order valence-corrected chi connectivity index (χ2v) is 6.84. The fourth-order valence-electron chi connectivity index (χ4n) is 2.38. The Kier molecular flexibility index (Phi) is 8.36. The van der Waals surface area contributed by atoms with Crippen LogP contribution in [0.15, 0.2) is 54.6 Å². The molecule has 1 atom stereocenters. The summed E-state index contributed by atoms with van der Waals surface area (Å²) in [6.45, 7) is 0.233. The number of amides is 2. The van der Waals surface area contributed by atoms with Gasteiger partial charge in [-0.1, -0.05) is 42.5 Å². The number of carbonyl (C=O) groups excluding carboxylic acids is 2. The van der Waals surface area contributed by atoms with Crippen LogP contribution in [0.2, 0.25) is 0 Å². The standard InChI is InChI=1S/C20H22N4O2S/c21-9-10-23-20(26)18(14-27-13-15-5-2-1-3-6-15)24-19(25)17-8-4-7-16(11-17)12-22/h1-8,11,18H,10,12-14,22H2,(H,23,26)(H,24,25)/t18-/m0/s1. The Bertz CT molecular complexity index is 805. The summed E-state index contributed by atoms with van der Waals surface area (Å²) >= 11 is 1.54. The van der Waals surface area contributed by atoms with E-state index in [4.69, 9.17) is 11.0 Å². The largest absolute Gasteiger partial charge is 0.341 e. The highest BCUT2D eigenvalue weighted by atomic mass is 32.2. The maximum absolute atomic E-state index is 12.5. The first-order valence-corrected chi connectivity index (χ1v) is 9.65. The van der Waals surface area contributed by atoms with Crippen molar-refractivity contribution >= 4 is 23.6 Å². The van der Waals surface area contributed by atoms with Crippen LogP contribution in [-0.2, 0) is 17.1 Å². The van der Waals surface area contributed by atoms with E-state index in [0.29, 0.717) is 17.9 Å². The zero-order valence-corrected chi connectivity index (χ0v) is 15.7. The third-order valence-corrected chi connectivity index (χ3v) is 4.89. The Labute approximate surface area is 163 Å². The molecule has 0 unspecified atom stereocenters. The fourth-order valence-corrected chi connectivity index (χ4v) is 3.40. The van der Waals surface area contributed by atoms with E-state index in [1.165, 1.54) is 0 Å². The minimum absolute atomic E-state index is 0.1000. The van der Waals surface area contributed by atoms with E-state index >= 15 is 0 Å². The van der Waals surface area contributed by atoms with E-state index in [9.17, 15) is 9.59 Å². The summed E-state index contributed by atoms with van der Waals surface area (Å²) in [6, 6.07) is 18.0. The lowest BCUT2D eigenvalue weighted by Crippen LogP contribution is -2.48. The molecule has 140 valence electrons. The van der Waals surface area contributed by atoms with Gasteiger partial charge in [0, 0.05) is 23.6 Å². The summed E-state index contributed by atoms with van der Waals surface area (Å²) in [5.41, 5.74) is 8.04. The second-order valence-electron chi connectivity index (χ2n) is 5.81. The zero-order valence-electron chi connectivity index (χ0n) is 14.9. The third kappa shape index (κ3) is 6.77. The molecule has 27 heavy (non-hydrogen) atoms. The van der Waals surface area contributed by atoms with Crippen LogP contribution in [0.3, 0.4) is 0 Å². The Hall–Kier alpha value is -2.82. The van der Waals surface area contributed by atoms with Crippen LogP contribution in [0.4, 0.5) is 0 Å². The molecule has 6 nitrogen and oxygen atoms in total. The SMILES string of the molecule is N#CCNC(=O)[C@H](CSCc1ccccc1)NC(=O)c1cccc(CN)c1. The molecule has 4 N–H and O–H groups in total. The highest BCUT2D eigenvalue weighted by Crippen LogP contribution is 2.13. The number of rotatable bonds is 9. The quantitative estimate of drug-likeness (QED) is 0.573. The van der Waals surface area contributed by atoms with Gasteiger partial charge in [-0.25, -0.2) is 0 Å². The Morgan fingerprint density at radius 1 is 1.11 bits per heavy atom. The predicted octanol–water partition coefficient (Wildman–Crippen LogP) is 1.82. The molecule has 2 rings (SSSR count). The molecule has 0 aliphatic carbocycles. The topological polar surface area (TPSA) is 108 Å². The van der Waals surface area contributed by atoms with Gasteiger partial charge in [0.1, 0.15) is 12.6 Å². The van der Waals surface area contributed by atoms with Crippen LogP contribution in [0.1, 0.15) is 21.5 Å². The molecule has 0 aliphatic heterocycles. The van der Waals surface area contributed by atoms with Crippen LogP contribution in [-0.4, -0.2) is 30.2 Å². The van der Waals surface area contributed by atoms with Crippen LogP contribution in [0.5, 0.6) is 0 Å². The highest BCUT2D eigenvalue weighted by molar-refractivity contribution is 7.98. The normalized spacial score (nSPS) is 11.3. The first-order chi connectivity index (χ1) is 13.1. The molecule has 0 aromatic heterocycles. The van der Waals surface area contributed by atoms with E-state index in [0.717, 1.165) is 16.9 Å². The number of nitrogens with zero attached hydrogens (tertiary/aromatic N) is 1. The van der Waals surface area contributed by atoms with Gasteiger partial charge < -0.3 is 16.4 Å². The molecule has 2 aromatic rings. The van der Waals surface area contributed by atoms with Crippen molar-refractivity contribution in [3.8, 4) is 6.07 Å². The maximum Gasteiger partial charge on any atom is 0.251 e. The van der Waals surface area contributed by atoms with Crippen molar-refractivity contribution in [3.63, 3.8) is 0 Å². The molecule has 0 radical (unpaired) electrons. The van der Waals surface area contributed by atoms with Gasteiger partial charge in [0.15, 0.2) is 0 Å². The second kappa shape index (κ2) is 11.0. The molecular formula is C20H22N4O2S. The molecule has 2 aromatic carbocycles. The Morgan fingerprint density at radius 2 is 1.85 bits per heavy atom. The number of thioether (sulfide) groups is 1. The minimum Gasteiger partial charge on any atom is -0.341 e. The minimum atomic E-state index is -0.735. The average Bonchev–Trinajstić information content (AvgIpc) is 2.72. The van der Waals surface area contributed by atoms with Gasteiger partial charge in [0.05, 0.1) is 6.07 Å². The third-order valence-electron chi connectivity index (χ3n) is 3.78. The smallest absolute Gasteiger partial charge is 0.251 e. The van der Waals surface area contributed by atoms with Crippen molar-refractivity contribution in [3.05, 3.63) is 71.3 Å². The van der Waals surface area contributed by atoms with Crippen molar-refractivity contribution in [2.45, 2.75) is 18.3 Å². The average molecular weight is 382 g/mol. The molecule has 7 heteroatoms. The molecule has 0 aliphatic rings. The van der Waals surface area contributed by atoms with E-state index in [2.05, 4.69) is 10.6 Å². The van der Waals surface area contributed by atoms with Gasteiger partial charge in [0.2, 0.25) is 5.91 Å². The van der Waals surface area contributed by atoms with Crippen molar-refractivity contribution in [1.29, 1.82) is 5.26 Å². The highest BCUT2D eigenvalue weighted by Gasteiger charge is 2.21. The summed E-state index contributed by atoms with van der Waals surface area (Å²) in [5, 5.41) is 13.9. The summed E-state index contributed by atoms with van der Waals surface area (Å²) in [4.78, 5) is 24.9. The lowest BCUT2D eigenvalue weighted by molar-refractivity contribution is -0.122. The summed E-state index contributed by atoms with van der Waals surface area (Å²) < 4.78 is 0. The maximum atomic E-state index is 12.5. The van der Waals surface area contributed by atoms with Gasteiger partial charge in [-0.3, -0.25) is 9.59 Å². The molecule has 0 saturated carbocycles. The van der Waals surface area contributed by atoms with Gasteiger partial charge in [-0.15, -0.1) is 0 Å². The molecular weight excluding hydrogens is 360 g/mol. The molecule has 0 heterocycles. The summed E-state index contributed by atoms with van der Waals surface area (Å²) in [7, 11) is 0. The predicted molar refractivity (Wildman–Crippen MR) is 107 cm³/mol. The number of benzene rings is 2. The molecule has 0 bridgehead atoms.